The Bertz CT molecular complexity index is 800. The molecule has 2 amide bonds. The van der Waals surface area contributed by atoms with Gasteiger partial charge < -0.3 is 15.1 Å². The number of nitrogens with zero attached hydrogens (tertiary/aromatic N) is 4. The minimum atomic E-state index is -0.196. The van der Waals surface area contributed by atoms with Crippen molar-refractivity contribution in [1.82, 2.24) is 20.0 Å². The van der Waals surface area contributed by atoms with Gasteiger partial charge in [-0.25, -0.2) is 0 Å². The van der Waals surface area contributed by atoms with Crippen LogP contribution in [0.3, 0.4) is 0 Å². The number of hydrogen-bond donors (Lipinski definition) is 1. The molecule has 1 N–H and O–H groups in total. The number of piperazine rings is 1. The molecule has 1 aliphatic heterocycles. The number of nitrogens with one attached hydrogen (secondary N) is 1. The summed E-state index contributed by atoms with van der Waals surface area (Å²) < 4.78 is 0. The minimum Gasteiger partial charge on any atom is -0.339 e. The molecule has 0 radical (unpaired) electrons. The fraction of sp³-hybridized carbons (Fsp3) is 0.294. The first-order valence-corrected chi connectivity index (χ1v) is 8.79. The van der Waals surface area contributed by atoms with Gasteiger partial charge >= 0.3 is 0 Å². The first-order valence-electron chi connectivity index (χ1n) is 8.04. The highest BCUT2D eigenvalue weighted by Gasteiger charge is 2.24. The maximum absolute atomic E-state index is 12.5. The number of aromatic nitrogens is 2. The Labute approximate surface area is 160 Å². The molecule has 0 atom stereocenters. The van der Waals surface area contributed by atoms with Crippen LogP contribution in [0.4, 0.5) is 11.5 Å². The normalized spacial score (nSPS) is 14.3. The van der Waals surface area contributed by atoms with Crippen LogP contribution in [0.1, 0.15) is 17.4 Å². The molecule has 1 saturated heterocycles. The van der Waals surface area contributed by atoms with Crippen LogP contribution in [0.15, 0.2) is 30.3 Å². The molecule has 136 valence electrons. The van der Waals surface area contributed by atoms with Crippen molar-refractivity contribution in [3.63, 3.8) is 0 Å². The molecule has 26 heavy (non-hydrogen) atoms. The van der Waals surface area contributed by atoms with Crippen molar-refractivity contribution < 1.29 is 9.59 Å². The lowest BCUT2D eigenvalue weighted by atomic mass is 10.2. The van der Waals surface area contributed by atoms with E-state index in [0.717, 1.165) is 0 Å². The molecule has 9 heteroatoms. The van der Waals surface area contributed by atoms with Gasteiger partial charge in [-0.3, -0.25) is 9.59 Å². The van der Waals surface area contributed by atoms with Gasteiger partial charge in [-0.05, 0) is 30.3 Å². The summed E-state index contributed by atoms with van der Waals surface area (Å²) in [7, 11) is 0. The summed E-state index contributed by atoms with van der Waals surface area (Å²) in [4.78, 5) is 27.2. The fourth-order valence-electron chi connectivity index (χ4n) is 2.67. The Kier molecular flexibility index (Phi) is 5.58. The smallest absolute Gasteiger partial charge is 0.274 e. The molecule has 2 aromatic rings. The van der Waals surface area contributed by atoms with E-state index < -0.39 is 0 Å². The Morgan fingerprint density at radius 2 is 1.58 bits per heavy atom. The zero-order valence-corrected chi connectivity index (χ0v) is 15.6. The average molecular weight is 394 g/mol. The van der Waals surface area contributed by atoms with Crippen molar-refractivity contribution in [1.29, 1.82) is 0 Å². The summed E-state index contributed by atoms with van der Waals surface area (Å²) in [5, 5.41) is 12.1. The van der Waals surface area contributed by atoms with E-state index in [0.29, 0.717) is 47.7 Å². The molecule has 0 spiro atoms. The highest BCUT2D eigenvalue weighted by molar-refractivity contribution is 6.35. The van der Waals surface area contributed by atoms with Crippen LogP contribution < -0.4 is 5.32 Å². The molecule has 0 saturated carbocycles. The van der Waals surface area contributed by atoms with Crippen molar-refractivity contribution in [2.24, 2.45) is 0 Å². The third kappa shape index (κ3) is 4.42. The van der Waals surface area contributed by atoms with E-state index >= 15 is 0 Å². The van der Waals surface area contributed by atoms with E-state index in [4.69, 9.17) is 23.2 Å². The average Bonchev–Trinajstić information content (AvgIpc) is 2.61. The van der Waals surface area contributed by atoms with Crippen LogP contribution in [-0.2, 0) is 4.79 Å². The predicted octanol–water partition coefficient (Wildman–Crippen LogP) is 2.83. The lowest BCUT2D eigenvalue weighted by Crippen LogP contribution is -2.50. The highest BCUT2D eigenvalue weighted by atomic mass is 35.5. The molecular weight excluding hydrogens is 377 g/mol. The van der Waals surface area contributed by atoms with E-state index in [1.54, 1.807) is 40.1 Å². The second-order valence-corrected chi connectivity index (χ2v) is 6.76. The molecule has 3 rings (SSSR count). The lowest BCUT2D eigenvalue weighted by Gasteiger charge is -2.33. The van der Waals surface area contributed by atoms with Crippen molar-refractivity contribution in [3.05, 3.63) is 46.1 Å². The molecule has 7 nitrogen and oxygen atoms in total. The molecule has 1 fully saturated rings. The van der Waals surface area contributed by atoms with Crippen LogP contribution in [0.25, 0.3) is 0 Å². The number of carbonyl (C=O) groups excluding carboxylic acids is 2. The van der Waals surface area contributed by atoms with Crippen LogP contribution in [-0.4, -0.2) is 58.0 Å². The zero-order valence-electron chi connectivity index (χ0n) is 14.1. The molecule has 0 bridgehead atoms. The van der Waals surface area contributed by atoms with Crippen molar-refractivity contribution in [3.8, 4) is 0 Å². The number of hydrogen-bond acceptors (Lipinski definition) is 5. The minimum absolute atomic E-state index is 0.0217. The summed E-state index contributed by atoms with van der Waals surface area (Å²) in [6.07, 6.45) is 0. The summed E-state index contributed by atoms with van der Waals surface area (Å²) in [5.41, 5.74) is 0.937. The first kappa shape index (κ1) is 18.4. The van der Waals surface area contributed by atoms with Crippen LogP contribution in [0.2, 0.25) is 10.0 Å². The van der Waals surface area contributed by atoms with Crippen molar-refractivity contribution in [2.45, 2.75) is 6.92 Å². The van der Waals surface area contributed by atoms with Gasteiger partial charge in [-0.1, -0.05) is 23.2 Å². The molecular formula is C17H17Cl2N5O2. The Morgan fingerprint density at radius 1 is 0.962 bits per heavy atom. The third-order valence-electron chi connectivity index (χ3n) is 4.03. The van der Waals surface area contributed by atoms with E-state index in [-0.39, 0.29) is 17.5 Å². The fourth-order valence-corrected chi connectivity index (χ4v) is 3.20. The molecule has 1 aromatic heterocycles. The largest absolute Gasteiger partial charge is 0.339 e. The van der Waals surface area contributed by atoms with Gasteiger partial charge in [0, 0.05) is 48.8 Å². The van der Waals surface area contributed by atoms with Gasteiger partial charge in [0.1, 0.15) is 0 Å². The van der Waals surface area contributed by atoms with Crippen LogP contribution in [0.5, 0.6) is 0 Å². The summed E-state index contributed by atoms with van der Waals surface area (Å²) >= 11 is 11.9. The molecule has 2 heterocycles. The number of amides is 2. The Hall–Kier alpha value is -2.38. The van der Waals surface area contributed by atoms with Crippen LogP contribution in [0, 0.1) is 0 Å². The van der Waals surface area contributed by atoms with E-state index in [1.165, 1.54) is 6.92 Å². The maximum Gasteiger partial charge on any atom is 0.274 e. The Balaban J connectivity index is 1.64. The second kappa shape index (κ2) is 7.88. The predicted molar refractivity (Wildman–Crippen MR) is 99.9 cm³/mol. The second-order valence-electron chi connectivity index (χ2n) is 5.89. The van der Waals surface area contributed by atoms with Gasteiger partial charge in [0.05, 0.1) is 0 Å². The molecule has 0 aliphatic carbocycles. The van der Waals surface area contributed by atoms with Gasteiger partial charge in [0.25, 0.3) is 5.91 Å². The van der Waals surface area contributed by atoms with E-state index in [2.05, 4.69) is 15.5 Å². The van der Waals surface area contributed by atoms with Gasteiger partial charge in [-0.15, -0.1) is 10.2 Å². The molecule has 1 aliphatic rings. The van der Waals surface area contributed by atoms with Gasteiger partial charge in [0.2, 0.25) is 5.91 Å². The number of rotatable bonds is 3. The third-order valence-corrected chi connectivity index (χ3v) is 4.47. The van der Waals surface area contributed by atoms with Crippen LogP contribution >= 0.6 is 23.2 Å². The first-order chi connectivity index (χ1) is 12.4. The maximum atomic E-state index is 12.5. The number of carbonyl (C=O) groups is 2. The standard InChI is InChI=1S/C17H17Cl2N5O2/c1-11(25)23-4-6-24(7-5-23)17(26)15-2-3-16(22-21-15)20-14-9-12(18)8-13(19)10-14/h2-3,8-10H,4-7H2,1H3,(H,20,22). The van der Waals surface area contributed by atoms with Crippen molar-refractivity contribution in [2.75, 3.05) is 31.5 Å². The SMILES string of the molecule is CC(=O)N1CCN(C(=O)c2ccc(Nc3cc(Cl)cc(Cl)c3)nn2)CC1. The summed E-state index contributed by atoms with van der Waals surface area (Å²) in [6.45, 7) is 3.57. The molecule has 1 aromatic carbocycles. The quantitative estimate of drug-likeness (QED) is 0.866. The number of halogens is 2. The Morgan fingerprint density at radius 3 is 2.12 bits per heavy atom. The highest BCUT2D eigenvalue weighted by Crippen LogP contribution is 2.24. The number of anilines is 2. The number of benzene rings is 1. The van der Waals surface area contributed by atoms with Gasteiger partial charge in [0.15, 0.2) is 11.5 Å². The van der Waals surface area contributed by atoms with E-state index in [9.17, 15) is 9.59 Å². The van der Waals surface area contributed by atoms with E-state index in [1.807, 2.05) is 0 Å². The van der Waals surface area contributed by atoms with Crippen molar-refractivity contribution >= 4 is 46.5 Å². The summed E-state index contributed by atoms with van der Waals surface area (Å²) in [6, 6.07) is 8.33. The summed E-state index contributed by atoms with van der Waals surface area (Å²) in [5.74, 6) is 0.299. The molecule has 0 unspecified atom stereocenters. The monoisotopic (exact) mass is 393 g/mol. The topological polar surface area (TPSA) is 78.4 Å². The van der Waals surface area contributed by atoms with Gasteiger partial charge in [-0.2, -0.15) is 0 Å². The lowest BCUT2D eigenvalue weighted by molar-refractivity contribution is -0.130. The zero-order chi connectivity index (χ0) is 18.7.